The molecule has 0 bridgehead atoms. The average Bonchev–Trinajstić information content (AvgIpc) is 2.28. The summed E-state index contributed by atoms with van der Waals surface area (Å²) < 4.78 is 10.7. The van der Waals surface area contributed by atoms with E-state index in [-0.39, 0.29) is 11.5 Å². The van der Waals surface area contributed by atoms with E-state index in [1.54, 1.807) is 14.2 Å². The van der Waals surface area contributed by atoms with Gasteiger partial charge < -0.3 is 14.8 Å². The van der Waals surface area contributed by atoms with Crippen LogP contribution in [-0.4, -0.2) is 31.2 Å². The minimum Gasteiger partial charge on any atom is -0.378 e. The molecule has 0 aromatic carbocycles. The summed E-state index contributed by atoms with van der Waals surface area (Å²) in [7, 11) is 5.17. The Labute approximate surface area is 109 Å². The minimum absolute atomic E-state index is 0.0640. The topological polar surface area (TPSA) is 56.3 Å². The van der Waals surface area contributed by atoms with Gasteiger partial charge in [-0.25, -0.2) is 9.97 Å². The summed E-state index contributed by atoms with van der Waals surface area (Å²) in [5, 5.41) is 3.03. The molecule has 1 N–H and O–H groups in total. The van der Waals surface area contributed by atoms with Crippen molar-refractivity contribution in [3.8, 4) is 0 Å². The van der Waals surface area contributed by atoms with E-state index in [1.807, 2.05) is 13.1 Å². The smallest absolute Gasteiger partial charge is 0.160 e. The maximum absolute atomic E-state index is 5.54. The molecule has 5 nitrogen and oxygen atoms in total. The summed E-state index contributed by atoms with van der Waals surface area (Å²) in [5.41, 5.74) is 0.781. The van der Waals surface area contributed by atoms with Crippen molar-refractivity contribution in [3.63, 3.8) is 0 Å². The summed E-state index contributed by atoms with van der Waals surface area (Å²) in [6.07, 6.45) is -0.151. The monoisotopic (exact) mass is 253 g/mol. The molecule has 5 heteroatoms. The molecule has 0 saturated carbocycles. The SMILES string of the molecule is CNc1cc(COC)nc(C(OC)C(C)(C)C)n1. The molecule has 1 atom stereocenters. The number of anilines is 1. The summed E-state index contributed by atoms with van der Waals surface area (Å²) in [4.78, 5) is 8.98. The summed E-state index contributed by atoms with van der Waals surface area (Å²) in [5.74, 6) is 1.46. The van der Waals surface area contributed by atoms with Crippen LogP contribution in [0.2, 0.25) is 0 Å². The Kier molecular flexibility index (Phi) is 5.04. The van der Waals surface area contributed by atoms with E-state index in [4.69, 9.17) is 9.47 Å². The number of ether oxygens (including phenoxy) is 2. The quantitative estimate of drug-likeness (QED) is 0.873. The Hall–Kier alpha value is -1.20. The first-order chi connectivity index (χ1) is 8.42. The highest BCUT2D eigenvalue weighted by atomic mass is 16.5. The second-order valence-corrected chi connectivity index (χ2v) is 5.27. The van der Waals surface area contributed by atoms with Crippen molar-refractivity contribution in [1.82, 2.24) is 9.97 Å². The fraction of sp³-hybridized carbons (Fsp3) is 0.692. The average molecular weight is 253 g/mol. The van der Waals surface area contributed by atoms with Crippen LogP contribution in [0.1, 0.15) is 38.4 Å². The van der Waals surface area contributed by atoms with Crippen LogP contribution in [0, 0.1) is 5.41 Å². The van der Waals surface area contributed by atoms with Gasteiger partial charge >= 0.3 is 0 Å². The van der Waals surface area contributed by atoms with Gasteiger partial charge in [0.15, 0.2) is 5.82 Å². The Morgan fingerprint density at radius 2 is 1.94 bits per heavy atom. The van der Waals surface area contributed by atoms with Crippen molar-refractivity contribution in [2.45, 2.75) is 33.5 Å². The van der Waals surface area contributed by atoms with Gasteiger partial charge in [-0.2, -0.15) is 0 Å². The lowest BCUT2D eigenvalue weighted by atomic mass is 9.88. The fourth-order valence-electron chi connectivity index (χ4n) is 1.83. The van der Waals surface area contributed by atoms with Gasteiger partial charge in [-0.05, 0) is 5.41 Å². The summed E-state index contributed by atoms with van der Waals surface area (Å²) in [6.45, 7) is 6.77. The third-order valence-electron chi connectivity index (χ3n) is 2.60. The minimum atomic E-state index is -0.151. The Morgan fingerprint density at radius 3 is 2.39 bits per heavy atom. The molecule has 0 amide bonds. The van der Waals surface area contributed by atoms with E-state index >= 15 is 0 Å². The van der Waals surface area contributed by atoms with Crippen LogP contribution in [-0.2, 0) is 16.1 Å². The van der Waals surface area contributed by atoms with Crippen LogP contribution >= 0.6 is 0 Å². The highest BCUT2D eigenvalue weighted by Gasteiger charge is 2.29. The molecule has 0 fully saturated rings. The molecule has 1 rings (SSSR count). The zero-order valence-corrected chi connectivity index (χ0v) is 12.1. The van der Waals surface area contributed by atoms with E-state index in [2.05, 4.69) is 36.1 Å². The standard InChI is InChI=1S/C13H23N3O2/c1-13(2,3)11(18-6)12-15-9(8-17-5)7-10(14-4)16-12/h7,11H,8H2,1-6H3,(H,14,15,16). The van der Waals surface area contributed by atoms with Gasteiger partial charge in [0.1, 0.15) is 11.9 Å². The summed E-state index contributed by atoms with van der Waals surface area (Å²) in [6, 6.07) is 1.88. The predicted octanol–water partition coefficient (Wildman–Crippen LogP) is 2.40. The molecule has 0 saturated heterocycles. The van der Waals surface area contributed by atoms with Crippen molar-refractivity contribution in [2.24, 2.45) is 5.41 Å². The van der Waals surface area contributed by atoms with Crippen LogP contribution in [0.5, 0.6) is 0 Å². The van der Waals surface area contributed by atoms with Gasteiger partial charge in [0, 0.05) is 27.3 Å². The molecule has 0 radical (unpaired) electrons. The number of nitrogens with one attached hydrogen (secondary N) is 1. The van der Waals surface area contributed by atoms with Crippen molar-refractivity contribution >= 4 is 5.82 Å². The van der Waals surface area contributed by atoms with E-state index in [0.717, 1.165) is 11.5 Å². The number of hydrogen-bond acceptors (Lipinski definition) is 5. The molecule has 1 heterocycles. The molecule has 1 aromatic rings. The molecule has 0 aliphatic rings. The van der Waals surface area contributed by atoms with Gasteiger partial charge in [0.2, 0.25) is 0 Å². The second-order valence-electron chi connectivity index (χ2n) is 5.27. The van der Waals surface area contributed by atoms with Crippen LogP contribution in [0.4, 0.5) is 5.82 Å². The number of hydrogen-bond donors (Lipinski definition) is 1. The van der Waals surface area contributed by atoms with Crippen molar-refractivity contribution in [2.75, 3.05) is 26.6 Å². The first-order valence-electron chi connectivity index (χ1n) is 5.99. The van der Waals surface area contributed by atoms with Gasteiger partial charge in [0.05, 0.1) is 12.3 Å². The number of methoxy groups -OCH3 is 2. The van der Waals surface area contributed by atoms with Gasteiger partial charge in [-0.15, -0.1) is 0 Å². The molecule has 0 aliphatic heterocycles. The van der Waals surface area contributed by atoms with E-state index in [9.17, 15) is 0 Å². The lowest BCUT2D eigenvalue weighted by Gasteiger charge is -2.28. The highest BCUT2D eigenvalue weighted by Crippen LogP contribution is 2.34. The Bertz CT molecular complexity index is 388. The maximum Gasteiger partial charge on any atom is 0.160 e. The highest BCUT2D eigenvalue weighted by molar-refractivity contribution is 5.35. The van der Waals surface area contributed by atoms with Gasteiger partial charge in [-0.3, -0.25) is 0 Å². The first-order valence-corrected chi connectivity index (χ1v) is 5.99. The number of nitrogens with zero attached hydrogens (tertiary/aromatic N) is 2. The van der Waals surface area contributed by atoms with Crippen molar-refractivity contribution < 1.29 is 9.47 Å². The van der Waals surface area contributed by atoms with E-state index in [0.29, 0.717) is 12.4 Å². The molecular formula is C13H23N3O2. The van der Waals surface area contributed by atoms with Crippen LogP contribution in [0.15, 0.2) is 6.07 Å². The van der Waals surface area contributed by atoms with Crippen molar-refractivity contribution in [3.05, 3.63) is 17.6 Å². The zero-order valence-electron chi connectivity index (χ0n) is 12.1. The first kappa shape index (κ1) is 14.9. The van der Waals surface area contributed by atoms with Gasteiger partial charge in [0.25, 0.3) is 0 Å². The molecular weight excluding hydrogens is 230 g/mol. The van der Waals surface area contributed by atoms with Crippen LogP contribution in [0.25, 0.3) is 0 Å². The zero-order chi connectivity index (χ0) is 13.8. The number of rotatable bonds is 5. The Morgan fingerprint density at radius 1 is 1.28 bits per heavy atom. The maximum atomic E-state index is 5.54. The lowest BCUT2D eigenvalue weighted by molar-refractivity contribution is 0.00836. The molecule has 1 unspecified atom stereocenters. The van der Waals surface area contributed by atoms with Gasteiger partial charge in [-0.1, -0.05) is 20.8 Å². The second kappa shape index (κ2) is 6.11. The predicted molar refractivity (Wildman–Crippen MR) is 71.5 cm³/mol. The molecule has 1 aromatic heterocycles. The van der Waals surface area contributed by atoms with Crippen LogP contribution in [0.3, 0.4) is 0 Å². The summed E-state index contributed by atoms with van der Waals surface area (Å²) >= 11 is 0. The molecule has 18 heavy (non-hydrogen) atoms. The third kappa shape index (κ3) is 3.65. The fourth-order valence-corrected chi connectivity index (χ4v) is 1.83. The van der Waals surface area contributed by atoms with Crippen molar-refractivity contribution in [1.29, 1.82) is 0 Å². The molecule has 0 spiro atoms. The third-order valence-corrected chi connectivity index (χ3v) is 2.60. The molecule has 102 valence electrons. The van der Waals surface area contributed by atoms with Crippen LogP contribution < -0.4 is 5.32 Å². The molecule has 0 aliphatic carbocycles. The number of aromatic nitrogens is 2. The normalized spacial score (nSPS) is 13.4. The largest absolute Gasteiger partial charge is 0.378 e. The van der Waals surface area contributed by atoms with E-state index in [1.165, 1.54) is 0 Å². The van der Waals surface area contributed by atoms with E-state index < -0.39 is 0 Å². The Balaban J connectivity index is 3.17. The lowest BCUT2D eigenvalue weighted by Crippen LogP contribution is -2.23.